The molecule has 0 radical (unpaired) electrons. The number of aryl methyl sites for hydroxylation is 1. The molecule has 0 atom stereocenters. The van der Waals surface area contributed by atoms with Crippen molar-refractivity contribution in [1.82, 2.24) is 0 Å². The Hall–Kier alpha value is -1.33. The van der Waals surface area contributed by atoms with Crippen LogP contribution in [-0.4, -0.2) is 5.33 Å². The Bertz CT molecular complexity index is 526. The first kappa shape index (κ1) is 10.2. The molecule has 15 heavy (non-hydrogen) atoms. The highest BCUT2D eigenvalue weighted by Gasteiger charge is 2.05. The standard InChI is InChI=1S/C13H10BrN/c14-8-7-11-6-5-10-3-1-2-4-12(10)13(11)9-15/h1-6H,7-8H2. The molecule has 0 heterocycles. The molecule has 2 aromatic carbocycles. The molecular formula is C13H10BrN. The molecule has 0 bridgehead atoms. The molecule has 0 saturated carbocycles. The van der Waals surface area contributed by atoms with Gasteiger partial charge in [0.15, 0.2) is 0 Å². The summed E-state index contributed by atoms with van der Waals surface area (Å²) in [5.41, 5.74) is 1.93. The quantitative estimate of drug-likeness (QED) is 0.756. The van der Waals surface area contributed by atoms with Crippen molar-refractivity contribution in [3.63, 3.8) is 0 Å². The molecular weight excluding hydrogens is 250 g/mol. The number of nitrogens with zero attached hydrogens (tertiary/aromatic N) is 1. The van der Waals surface area contributed by atoms with Crippen LogP contribution < -0.4 is 0 Å². The lowest BCUT2D eigenvalue weighted by Gasteiger charge is -2.05. The normalized spacial score (nSPS) is 10.1. The lowest BCUT2D eigenvalue weighted by atomic mass is 9.98. The third-order valence-electron chi connectivity index (χ3n) is 2.49. The summed E-state index contributed by atoms with van der Waals surface area (Å²) in [6.07, 6.45) is 0.897. The number of benzene rings is 2. The van der Waals surface area contributed by atoms with E-state index in [0.717, 1.165) is 33.7 Å². The van der Waals surface area contributed by atoms with Gasteiger partial charge in [-0.3, -0.25) is 0 Å². The Morgan fingerprint density at radius 2 is 1.93 bits per heavy atom. The molecule has 0 aliphatic heterocycles. The second-order valence-electron chi connectivity index (χ2n) is 3.37. The number of rotatable bonds is 2. The van der Waals surface area contributed by atoms with E-state index in [0.29, 0.717) is 0 Å². The maximum Gasteiger partial charge on any atom is 0.100 e. The number of halogens is 1. The average Bonchev–Trinajstić information content (AvgIpc) is 2.29. The fraction of sp³-hybridized carbons (Fsp3) is 0.154. The molecule has 0 amide bonds. The monoisotopic (exact) mass is 259 g/mol. The van der Waals surface area contributed by atoms with Crippen molar-refractivity contribution in [3.05, 3.63) is 47.5 Å². The number of hydrogen-bond acceptors (Lipinski definition) is 1. The smallest absolute Gasteiger partial charge is 0.100 e. The van der Waals surface area contributed by atoms with Crippen LogP contribution in [0.15, 0.2) is 36.4 Å². The van der Waals surface area contributed by atoms with Gasteiger partial charge in [0.2, 0.25) is 0 Å². The molecule has 2 aromatic rings. The summed E-state index contributed by atoms with van der Waals surface area (Å²) in [4.78, 5) is 0. The first-order valence-corrected chi connectivity index (χ1v) is 5.95. The summed E-state index contributed by atoms with van der Waals surface area (Å²) in [6.45, 7) is 0. The number of fused-ring (bicyclic) bond motifs is 1. The minimum atomic E-state index is 0.813. The first-order valence-electron chi connectivity index (χ1n) is 4.83. The van der Waals surface area contributed by atoms with E-state index in [2.05, 4.69) is 28.1 Å². The molecule has 2 heteroatoms. The van der Waals surface area contributed by atoms with Crippen LogP contribution in [0.3, 0.4) is 0 Å². The van der Waals surface area contributed by atoms with Crippen molar-refractivity contribution in [3.8, 4) is 6.07 Å². The minimum Gasteiger partial charge on any atom is -0.192 e. The highest BCUT2D eigenvalue weighted by atomic mass is 79.9. The van der Waals surface area contributed by atoms with Crippen molar-refractivity contribution < 1.29 is 0 Å². The predicted molar refractivity (Wildman–Crippen MR) is 66.2 cm³/mol. The van der Waals surface area contributed by atoms with Crippen LogP contribution in [0.25, 0.3) is 10.8 Å². The van der Waals surface area contributed by atoms with Crippen molar-refractivity contribution >= 4 is 26.7 Å². The topological polar surface area (TPSA) is 23.8 Å². The van der Waals surface area contributed by atoms with Crippen LogP contribution in [0.1, 0.15) is 11.1 Å². The molecule has 0 saturated heterocycles. The van der Waals surface area contributed by atoms with Gasteiger partial charge < -0.3 is 0 Å². The molecule has 0 spiro atoms. The van der Waals surface area contributed by atoms with Crippen LogP contribution in [0.4, 0.5) is 0 Å². The van der Waals surface area contributed by atoms with E-state index in [1.165, 1.54) is 0 Å². The Morgan fingerprint density at radius 3 is 2.67 bits per heavy atom. The number of nitriles is 1. The zero-order chi connectivity index (χ0) is 10.7. The molecule has 1 nitrogen and oxygen atoms in total. The Labute approximate surface area is 97.5 Å². The van der Waals surface area contributed by atoms with Gasteiger partial charge in [0.05, 0.1) is 5.56 Å². The van der Waals surface area contributed by atoms with Crippen molar-refractivity contribution in [2.24, 2.45) is 0 Å². The lowest BCUT2D eigenvalue weighted by molar-refractivity contribution is 1.16. The second-order valence-corrected chi connectivity index (χ2v) is 4.16. The zero-order valence-electron chi connectivity index (χ0n) is 8.20. The molecule has 0 aliphatic carbocycles. The van der Waals surface area contributed by atoms with Crippen molar-refractivity contribution in [1.29, 1.82) is 5.26 Å². The molecule has 0 aliphatic rings. The SMILES string of the molecule is N#Cc1c(CCBr)ccc2ccccc12. The van der Waals surface area contributed by atoms with E-state index >= 15 is 0 Å². The van der Waals surface area contributed by atoms with E-state index in [4.69, 9.17) is 0 Å². The lowest BCUT2D eigenvalue weighted by Crippen LogP contribution is -1.92. The van der Waals surface area contributed by atoms with Gasteiger partial charge in [-0.05, 0) is 22.8 Å². The van der Waals surface area contributed by atoms with Gasteiger partial charge >= 0.3 is 0 Å². The fourth-order valence-corrected chi connectivity index (χ4v) is 2.19. The minimum absolute atomic E-state index is 0.813. The van der Waals surface area contributed by atoms with E-state index in [-0.39, 0.29) is 0 Å². The van der Waals surface area contributed by atoms with Crippen LogP contribution in [0.2, 0.25) is 0 Å². The average molecular weight is 260 g/mol. The highest BCUT2D eigenvalue weighted by molar-refractivity contribution is 9.09. The molecule has 0 N–H and O–H groups in total. The van der Waals surface area contributed by atoms with E-state index in [1.807, 2.05) is 30.3 Å². The zero-order valence-corrected chi connectivity index (χ0v) is 9.79. The van der Waals surface area contributed by atoms with E-state index in [9.17, 15) is 5.26 Å². The van der Waals surface area contributed by atoms with Gasteiger partial charge in [0.1, 0.15) is 6.07 Å². The van der Waals surface area contributed by atoms with Gasteiger partial charge in [-0.1, -0.05) is 52.3 Å². The van der Waals surface area contributed by atoms with Gasteiger partial charge in [0, 0.05) is 5.33 Å². The largest absolute Gasteiger partial charge is 0.192 e. The second kappa shape index (κ2) is 4.46. The van der Waals surface area contributed by atoms with E-state index < -0.39 is 0 Å². The van der Waals surface area contributed by atoms with Gasteiger partial charge in [-0.2, -0.15) is 5.26 Å². The van der Waals surface area contributed by atoms with Crippen LogP contribution in [0, 0.1) is 11.3 Å². The third kappa shape index (κ3) is 1.88. The summed E-state index contributed by atoms with van der Waals surface area (Å²) in [5, 5.41) is 12.3. The summed E-state index contributed by atoms with van der Waals surface area (Å²) in [7, 11) is 0. The highest BCUT2D eigenvalue weighted by Crippen LogP contribution is 2.22. The number of hydrogen-bond donors (Lipinski definition) is 0. The molecule has 0 unspecified atom stereocenters. The maximum atomic E-state index is 9.18. The number of alkyl halides is 1. The van der Waals surface area contributed by atoms with Crippen LogP contribution in [-0.2, 0) is 6.42 Å². The first-order chi connectivity index (χ1) is 7.36. The predicted octanol–water partition coefficient (Wildman–Crippen LogP) is 3.65. The molecule has 0 aromatic heterocycles. The third-order valence-corrected chi connectivity index (χ3v) is 2.89. The van der Waals surface area contributed by atoms with Crippen LogP contribution >= 0.6 is 15.9 Å². The van der Waals surface area contributed by atoms with Gasteiger partial charge in [-0.15, -0.1) is 0 Å². The maximum absolute atomic E-state index is 9.18. The summed E-state index contributed by atoms with van der Waals surface area (Å²) < 4.78 is 0. The molecule has 74 valence electrons. The van der Waals surface area contributed by atoms with Gasteiger partial charge in [-0.25, -0.2) is 0 Å². The summed E-state index contributed by atoms with van der Waals surface area (Å²) in [5.74, 6) is 0. The van der Waals surface area contributed by atoms with E-state index in [1.54, 1.807) is 0 Å². The van der Waals surface area contributed by atoms with Crippen LogP contribution in [0.5, 0.6) is 0 Å². The Morgan fingerprint density at radius 1 is 1.13 bits per heavy atom. The van der Waals surface area contributed by atoms with Crippen molar-refractivity contribution in [2.45, 2.75) is 6.42 Å². The summed E-state index contributed by atoms with van der Waals surface area (Å²) >= 11 is 3.40. The molecule has 0 fully saturated rings. The Balaban J connectivity index is 2.71. The Kier molecular flexibility index (Phi) is 3.03. The molecule has 2 rings (SSSR count). The fourth-order valence-electron chi connectivity index (χ4n) is 1.76. The van der Waals surface area contributed by atoms with Gasteiger partial charge in [0.25, 0.3) is 0 Å². The summed E-state index contributed by atoms with van der Waals surface area (Å²) in [6, 6.07) is 14.4. The van der Waals surface area contributed by atoms with Crippen molar-refractivity contribution in [2.75, 3.05) is 5.33 Å².